The average Bonchev–Trinajstić information content (AvgIpc) is 2.33. The first-order valence-corrected chi connectivity index (χ1v) is 4.56. The van der Waals surface area contributed by atoms with Crippen LogP contribution in [0.3, 0.4) is 0 Å². The van der Waals surface area contributed by atoms with Crippen LogP contribution in [0.1, 0.15) is 45.4 Å². The molecule has 56 valence electrons. The zero-order valence-electron chi connectivity index (χ0n) is 6.82. The molecule has 1 unspecified atom stereocenters. The molecule has 0 amide bonds. The molecular formula is C10H16. The van der Waals surface area contributed by atoms with Crippen molar-refractivity contribution in [3.05, 3.63) is 11.1 Å². The van der Waals surface area contributed by atoms with Gasteiger partial charge in [0.2, 0.25) is 0 Å². The lowest BCUT2D eigenvalue weighted by atomic mass is 9.86. The van der Waals surface area contributed by atoms with Crippen LogP contribution in [0.15, 0.2) is 11.1 Å². The maximum absolute atomic E-state index is 2.39. The molecule has 2 aliphatic carbocycles. The van der Waals surface area contributed by atoms with Crippen LogP contribution in [-0.2, 0) is 0 Å². The number of allylic oxidation sites excluding steroid dienone is 2. The molecule has 0 heteroatoms. The number of hydrogen-bond donors (Lipinski definition) is 0. The van der Waals surface area contributed by atoms with Gasteiger partial charge < -0.3 is 0 Å². The van der Waals surface area contributed by atoms with E-state index in [1.807, 2.05) is 11.1 Å². The van der Waals surface area contributed by atoms with Gasteiger partial charge in [0.15, 0.2) is 0 Å². The van der Waals surface area contributed by atoms with Crippen molar-refractivity contribution in [2.24, 2.45) is 5.92 Å². The monoisotopic (exact) mass is 136 g/mol. The Kier molecular flexibility index (Phi) is 1.55. The predicted molar refractivity (Wildman–Crippen MR) is 43.9 cm³/mol. The van der Waals surface area contributed by atoms with Crippen molar-refractivity contribution in [2.45, 2.75) is 45.4 Å². The lowest BCUT2D eigenvalue weighted by molar-refractivity contribution is 0.496. The van der Waals surface area contributed by atoms with E-state index in [-0.39, 0.29) is 0 Å². The van der Waals surface area contributed by atoms with Crippen molar-refractivity contribution in [1.82, 2.24) is 0 Å². The van der Waals surface area contributed by atoms with E-state index in [0.29, 0.717) is 0 Å². The molecule has 0 aromatic carbocycles. The Bertz CT molecular complexity index is 165. The molecule has 0 saturated heterocycles. The van der Waals surface area contributed by atoms with E-state index in [9.17, 15) is 0 Å². The minimum absolute atomic E-state index is 0.983. The molecular weight excluding hydrogens is 120 g/mol. The smallest absolute Gasteiger partial charge is 0.0292 e. The second-order valence-electron chi connectivity index (χ2n) is 3.91. The zero-order valence-corrected chi connectivity index (χ0v) is 6.82. The fraction of sp³-hybridized carbons (Fsp3) is 0.800. The van der Waals surface area contributed by atoms with Crippen molar-refractivity contribution in [3.8, 4) is 0 Å². The second-order valence-corrected chi connectivity index (χ2v) is 3.91. The maximum atomic E-state index is 2.39. The van der Waals surface area contributed by atoms with E-state index < -0.39 is 0 Å². The minimum atomic E-state index is 0.983. The SMILES string of the molecule is CC1CCC2=C(CCC2)C1. The summed E-state index contributed by atoms with van der Waals surface area (Å²) in [5.41, 5.74) is 3.66. The minimum Gasteiger partial charge on any atom is -0.0710 e. The Morgan fingerprint density at radius 3 is 2.80 bits per heavy atom. The van der Waals surface area contributed by atoms with Gasteiger partial charge in [-0.3, -0.25) is 0 Å². The molecule has 10 heavy (non-hydrogen) atoms. The molecule has 2 aliphatic rings. The summed E-state index contributed by atoms with van der Waals surface area (Å²) in [6.07, 6.45) is 8.63. The van der Waals surface area contributed by atoms with Crippen LogP contribution in [0.25, 0.3) is 0 Å². The summed E-state index contributed by atoms with van der Waals surface area (Å²) in [4.78, 5) is 0. The topological polar surface area (TPSA) is 0 Å². The van der Waals surface area contributed by atoms with E-state index >= 15 is 0 Å². The van der Waals surface area contributed by atoms with Gasteiger partial charge in [-0.25, -0.2) is 0 Å². The number of rotatable bonds is 0. The van der Waals surface area contributed by atoms with Gasteiger partial charge in [0.25, 0.3) is 0 Å². The fourth-order valence-corrected chi connectivity index (χ4v) is 2.36. The normalized spacial score (nSPS) is 32.7. The third-order valence-electron chi connectivity index (χ3n) is 2.99. The second kappa shape index (κ2) is 2.41. The molecule has 0 heterocycles. The molecule has 0 spiro atoms. The Morgan fingerprint density at radius 1 is 1.10 bits per heavy atom. The lowest BCUT2D eigenvalue weighted by Gasteiger charge is -2.19. The van der Waals surface area contributed by atoms with Crippen molar-refractivity contribution >= 4 is 0 Å². The van der Waals surface area contributed by atoms with Crippen LogP contribution in [0.2, 0.25) is 0 Å². The summed E-state index contributed by atoms with van der Waals surface area (Å²) in [5, 5.41) is 0. The summed E-state index contributed by atoms with van der Waals surface area (Å²) in [5.74, 6) is 0.983. The molecule has 0 aromatic heterocycles. The summed E-state index contributed by atoms with van der Waals surface area (Å²) >= 11 is 0. The van der Waals surface area contributed by atoms with Gasteiger partial charge in [-0.2, -0.15) is 0 Å². The Hall–Kier alpha value is -0.260. The van der Waals surface area contributed by atoms with Crippen molar-refractivity contribution in [1.29, 1.82) is 0 Å². The highest BCUT2D eigenvalue weighted by Crippen LogP contribution is 2.38. The zero-order chi connectivity index (χ0) is 6.97. The molecule has 0 radical (unpaired) electrons. The van der Waals surface area contributed by atoms with Crippen LogP contribution in [0.5, 0.6) is 0 Å². The van der Waals surface area contributed by atoms with E-state index in [1.165, 1.54) is 38.5 Å². The van der Waals surface area contributed by atoms with Gasteiger partial charge >= 0.3 is 0 Å². The fourth-order valence-electron chi connectivity index (χ4n) is 2.36. The summed E-state index contributed by atoms with van der Waals surface area (Å²) in [7, 11) is 0. The van der Waals surface area contributed by atoms with E-state index in [1.54, 1.807) is 0 Å². The third-order valence-corrected chi connectivity index (χ3v) is 2.99. The molecule has 1 atom stereocenters. The van der Waals surface area contributed by atoms with E-state index in [2.05, 4.69) is 6.92 Å². The quantitative estimate of drug-likeness (QED) is 0.448. The Balaban J connectivity index is 2.13. The van der Waals surface area contributed by atoms with Gasteiger partial charge in [-0.1, -0.05) is 18.1 Å². The molecule has 0 N–H and O–H groups in total. The molecule has 0 bridgehead atoms. The van der Waals surface area contributed by atoms with Gasteiger partial charge in [-0.15, -0.1) is 0 Å². The highest BCUT2D eigenvalue weighted by Gasteiger charge is 2.20. The average molecular weight is 136 g/mol. The van der Waals surface area contributed by atoms with Crippen LogP contribution >= 0.6 is 0 Å². The van der Waals surface area contributed by atoms with Crippen LogP contribution in [0.4, 0.5) is 0 Å². The van der Waals surface area contributed by atoms with Gasteiger partial charge in [-0.05, 0) is 44.4 Å². The van der Waals surface area contributed by atoms with Gasteiger partial charge in [0, 0.05) is 0 Å². The summed E-state index contributed by atoms with van der Waals surface area (Å²) < 4.78 is 0. The molecule has 0 aromatic rings. The molecule has 0 aliphatic heterocycles. The van der Waals surface area contributed by atoms with Crippen LogP contribution < -0.4 is 0 Å². The largest absolute Gasteiger partial charge is 0.0710 e. The first-order chi connectivity index (χ1) is 4.86. The Labute approximate surface area is 63.3 Å². The maximum Gasteiger partial charge on any atom is -0.0292 e. The Morgan fingerprint density at radius 2 is 1.90 bits per heavy atom. The first kappa shape index (κ1) is 6.45. The predicted octanol–water partition coefficient (Wildman–Crippen LogP) is 3.29. The van der Waals surface area contributed by atoms with Crippen molar-refractivity contribution in [3.63, 3.8) is 0 Å². The summed E-state index contributed by atoms with van der Waals surface area (Å²) in [6, 6.07) is 0. The van der Waals surface area contributed by atoms with Crippen LogP contribution in [-0.4, -0.2) is 0 Å². The van der Waals surface area contributed by atoms with Crippen molar-refractivity contribution in [2.75, 3.05) is 0 Å². The molecule has 0 nitrogen and oxygen atoms in total. The van der Waals surface area contributed by atoms with Gasteiger partial charge in [0.05, 0.1) is 0 Å². The van der Waals surface area contributed by atoms with Crippen molar-refractivity contribution < 1.29 is 0 Å². The first-order valence-electron chi connectivity index (χ1n) is 4.56. The summed E-state index contributed by atoms with van der Waals surface area (Å²) in [6.45, 7) is 2.39. The standard InChI is InChI=1S/C10H16/c1-8-5-6-9-3-2-4-10(9)7-8/h8H,2-7H2,1H3. The lowest BCUT2D eigenvalue weighted by Crippen LogP contribution is -2.03. The molecule has 0 saturated carbocycles. The van der Waals surface area contributed by atoms with Gasteiger partial charge in [0.1, 0.15) is 0 Å². The highest BCUT2D eigenvalue weighted by molar-refractivity contribution is 5.22. The molecule has 0 fully saturated rings. The van der Waals surface area contributed by atoms with E-state index in [0.717, 1.165) is 5.92 Å². The number of hydrogen-bond acceptors (Lipinski definition) is 0. The van der Waals surface area contributed by atoms with E-state index in [4.69, 9.17) is 0 Å². The highest BCUT2D eigenvalue weighted by atomic mass is 14.3. The van der Waals surface area contributed by atoms with Crippen LogP contribution in [0, 0.1) is 5.92 Å². The third kappa shape index (κ3) is 1.00. The molecule has 2 rings (SSSR count).